The predicted molar refractivity (Wildman–Crippen MR) is 191 cm³/mol. The minimum atomic E-state index is -0.412. The molecule has 252 valence electrons. The van der Waals surface area contributed by atoms with Crippen molar-refractivity contribution >= 4 is 45.2 Å². The number of carbonyl (C=O) groups excluding carboxylic acids is 4. The fourth-order valence-corrected chi connectivity index (χ4v) is 6.66. The molecule has 0 fully saturated rings. The average Bonchev–Trinajstić information content (AvgIpc) is 3.49. The van der Waals surface area contributed by atoms with E-state index in [1.54, 1.807) is 47.7 Å². The van der Waals surface area contributed by atoms with E-state index >= 15 is 0 Å². The number of nitrogens with one attached hydrogen (secondary N) is 4. The molecule has 2 aromatic carbocycles. The maximum atomic E-state index is 13.3. The van der Waals surface area contributed by atoms with Crippen LogP contribution in [0, 0.1) is 0 Å². The zero-order valence-electron chi connectivity index (χ0n) is 27.7. The highest BCUT2D eigenvalue weighted by Crippen LogP contribution is 2.31. The summed E-state index contributed by atoms with van der Waals surface area (Å²) in [4.78, 5) is 60.9. The fraction of sp³-hybridized carbons (Fsp3) is 0.184. The minimum absolute atomic E-state index is 0.125. The molecule has 0 saturated carbocycles. The maximum absolute atomic E-state index is 13.3. The molecule has 11 nitrogen and oxygen atoms in total. The van der Waals surface area contributed by atoms with E-state index in [0.29, 0.717) is 13.0 Å². The Hall–Kier alpha value is -6.01. The van der Waals surface area contributed by atoms with E-state index in [2.05, 4.69) is 47.9 Å². The third-order valence-corrected chi connectivity index (χ3v) is 9.47. The van der Waals surface area contributed by atoms with E-state index in [1.807, 2.05) is 62.5 Å². The number of hydrogen-bond acceptors (Lipinski definition) is 7. The fourth-order valence-electron chi connectivity index (χ4n) is 5.46. The lowest BCUT2D eigenvalue weighted by atomic mass is 10.0. The van der Waals surface area contributed by atoms with Gasteiger partial charge in [-0.2, -0.15) is 4.57 Å². The topological polar surface area (TPSA) is 146 Å². The van der Waals surface area contributed by atoms with Crippen molar-refractivity contribution in [2.24, 2.45) is 7.05 Å². The van der Waals surface area contributed by atoms with Crippen LogP contribution in [0.25, 0.3) is 20.8 Å². The molecule has 7 rings (SSSR count). The van der Waals surface area contributed by atoms with Gasteiger partial charge in [0.2, 0.25) is 5.52 Å². The first-order valence-electron chi connectivity index (χ1n) is 16.2. The van der Waals surface area contributed by atoms with Gasteiger partial charge in [0.15, 0.2) is 0 Å². The van der Waals surface area contributed by atoms with Crippen LogP contribution in [0.5, 0.6) is 0 Å². The molecule has 6 bridgehead atoms. The molecule has 5 heterocycles. The number of rotatable bonds is 1. The van der Waals surface area contributed by atoms with Crippen LogP contribution in [0.1, 0.15) is 66.4 Å². The predicted octanol–water partition coefficient (Wildman–Crippen LogP) is 4.41. The number of nitrogens with zero attached hydrogens (tertiary/aromatic N) is 3. The Balaban J connectivity index is 1.33. The second-order valence-corrected chi connectivity index (χ2v) is 12.6. The summed E-state index contributed by atoms with van der Waals surface area (Å²) in [6, 6.07) is 23.5. The Morgan fingerprint density at radius 3 is 1.94 bits per heavy atom. The lowest BCUT2D eigenvalue weighted by Gasteiger charge is -2.12. The minimum Gasteiger partial charge on any atom is -0.350 e. The summed E-state index contributed by atoms with van der Waals surface area (Å²) >= 11 is 1.63. The highest BCUT2D eigenvalue weighted by Gasteiger charge is 2.23. The van der Waals surface area contributed by atoms with Gasteiger partial charge in [0, 0.05) is 32.2 Å². The van der Waals surface area contributed by atoms with E-state index in [-0.39, 0.29) is 48.3 Å². The van der Waals surface area contributed by atoms with Gasteiger partial charge in [-0.25, -0.2) is 9.97 Å². The van der Waals surface area contributed by atoms with Crippen LogP contribution < -0.4 is 25.8 Å². The van der Waals surface area contributed by atoms with Crippen molar-refractivity contribution in [3.8, 4) is 10.6 Å². The standard InChI is InChI=1S/C38H35N7O4S/c1-3-24-10-6-7-19-39-34(46)28-11-8-14-31(43-28)37(49)42-23-26-18-17-25(20-27(26)38-45(2)32-15-4-5-16-33(32)50-38)22-41-36(48)30-13-9-12-29(44-30)35(47)40-21-24/h3-6,8-18,20H,7,19,21-23H2,1-2H3,(H3-,39,40,41,42,46,47,48,49)/p+1. The lowest BCUT2D eigenvalue weighted by Crippen LogP contribution is -2.30. The first-order valence-corrected chi connectivity index (χ1v) is 17.0. The highest BCUT2D eigenvalue weighted by molar-refractivity contribution is 7.21. The van der Waals surface area contributed by atoms with Crippen molar-refractivity contribution < 1.29 is 23.7 Å². The molecular weight excluding hydrogens is 651 g/mol. The van der Waals surface area contributed by atoms with Gasteiger partial charge in [0.25, 0.3) is 28.6 Å². The maximum Gasteiger partial charge on any atom is 0.270 e. The van der Waals surface area contributed by atoms with E-state index in [4.69, 9.17) is 0 Å². The Labute approximate surface area is 293 Å². The first-order chi connectivity index (χ1) is 24.3. The summed E-state index contributed by atoms with van der Waals surface area (Å²) in [7, 11) is 2.00. The molecule has 12 heteroatoms. The Bertz CT molecular complexity index is 2170. The Morgan fingerprint density at radius 2 is 1.30 bits per heavy atom. The van der Waals surface area contributed by atoms with Crippen LogP contribution >= 0.6 is 11.3 Å². The number of pyridine rings is 2. The number of fused-ring (bicyclic) bond motifs is 15. The second kappa shape index (κ2) is 15.5. The van der Waals surface area contributed by atoms with Crippen molar-refractivity contribution in [2.75, 3.05) is 13.1 Å². The summed E-state index contributed by atoms with van der Waals surface area (Å²) < 4.78 is 3.22. The molecule has 0 radical (unpaired) electrons. The number of thiazole rings is 1. The quantitative estimate of drug-likeness (QED) is 0.192. The molecule has 0 saturated heterocycles. The van der Waals surface area contributed by atoms with E-state index in [0.717, 1.165) is 37.5 Å². The van der Waals surface area contributed by atoms with Crippen molar-refractivity contribution in [1.29, 1.82) is 0 Å². The molecule has 0 unspecified atom stereocenters. The molecule has 50 heavy (non-hydrogen) atoms. The second-order valence-electron chi connectivity index (χ2n) is 11.6. The first kappa shape index (κ1) is 33.9. The summed E-state index contributed by atoms with van der Waals surface area (Å²) in [6.07, 6.45) is 6.18. The smallest absolute Gasteiger partial charge is 0.270 e. The summed E-state index contributed by atoms with van der Waals surface area (Å²) in [5.41, 5.74) is 5.05. The Morgan fingerprint density at radius 1 is 0.700 bits per heavy atom. The summed E-state index contributed by atoms with van der Waals surface area (Å²) in [6.45, 7) is 2.88. The van der Waals surface area contributed by atoms with Crippen LogP contribution in [-0.4, -0.2) is 46.7 Å². The zero-order valence-corrected chi connectivity index (χ0v) is 28.5. The van der Waals surface area contributed by atoms with E-state index in [9.17, 15) is 19.2 Å². The number of aromatic nitrogens is 3. The molecule has 4 amide bonds. The normalized spacial score (nSPS) is 15.8. The van der Waals surface area contributed by atoms with Crippen molar-refractivity contribution in [1.82, 2.24) is 31.2 Å². The third-order valence-electron chi connectivity index (χ3n) is 8.22. The van der Waals surface area contributed by atoms with Crippen LogP contribution in [0.4, 0.5) is 0 Å². The van der Waals surface area contributed by atoms with Crippen LogP contribution in [0.2, 0.25) is 0 Å². The monoisotopic (exact) mass is 686 g/mol. The van der Waals surface area contributed by atoms with Gasteiger partial charge in [-0.3, -0.25) is 19.2 Å². The number of carbonyl (C=O) groups is 4. The zero-order chi connectivity index (χ0) is 35.0. The summed E-state index contributed by atoms with van der Waals surface area (Å²) in [5, 5.41) is 12.6. The van der Waals surface area contributed by atoms with E-state index in [1.165, 1.54) is 0 Å². The molecule has 2 aliphatic heterocycles. The average molecular weight is 687 g/mol. The molecule has 4 N–H and O–H groups in total. The van der Waals surface area contributed by atoms with E-state index < -0.39 is 17.7 Å². The van der Waals surface area contributed by atoms with Crippen LogP contribution in [0.15, 0.2) is 103 Å². The van der Waals surface area contributed by atoms with Gasteiger partial charge in [-0.1, -0.05) is 66.0 Å². The third kappa shape index (κ3) is 7.82. The molecule has 0 aliphatic carbocycles. The van der Waals surface area contributed by atoms with Crippen molar-refractivity contribution in [2.45, 2.75) is 26.4 Å². The van der Waals surface area contributed by atoms with Crippen LogP contribution in [0.3, 0.4) is 0 Å². The lowest BCUT2D eigenvalue weighted by molar-refractivity contribution is -0.629. The number of hydrogen-bond donors (Lipinski definition) is 4. The number of allylic oxidation sites excluding steroid dienone is 1. The number of para-hydroxylation sites is 1. The molecule has 2 aliphatic rings. The Kier molecular flexibility index (Phi) is 10.5. The number of amides is 4. The SMILES string of the molecule is CC=C1C=CCCNC(=O)c2cccc(n2)C(=O)NCc2ccc(cc2-c2sc3ccccc3[n+]2C)CNC(=O)c2cccc(n2)C(=O)NC1. The van der Waals surface area contributed by atoms with Gasteiger partial charge in [-0.05, 0) is 66.4 Å². The number of aryl methyl sites for hydroxylation is 1. The molecule has 3 aromatic heterocycles. The highest BCUT2D eigenvalue weighted by atomic mass is 32.1. The summed E-state index contributed by atoms with van der Waals surface area (Å²) in [5.74, 6) is -1.61. The molecule has 5 aromatic rings. The van der Waals surface area contributed by atoms with Gasteiger partial charge in [0.1, 0.15) is 34.5 Å². The van der Waals surface area contributed by atoms with Gasteiger partial charge in [-0.15, -0.1) is 0 Å². The van der Waals surface area contributed by atoms with Crippen LogP contribution in [-0.2, 0) is 20.1 Å². The van der Waals surface area contributed by atoms with Crippen molar-refractivity contribution in [3.63, 3.8) is 0 Å². The van der Waals surface area contributed by atoms with Gasteiger partial charge >= 0.3 is 0 Å². The molecular formula is C38H36N7O4S+. The molecule has 0 spiro atoms. The van der Waals surface area contributed by atoms with Gasteiger partial charge < -0.3 is 21.3 Å². The number of benzene rings is 2. The molecule has 0 atom stereocenters. The van der Waals surface area contributed by atoms with Crippen molar-refractivity contribution in [3.05, 3.63) is 137 Å². The largest absolute Gasteiger partial charge is 0.350 e. The van der Waals surface area contributed by atoms with Gasteiger partial charge in [0.05, 0.1) is 5.56 Å².